The third-order valence-electron chi connectivity index (χ3n) is 4.99. The quantitative estimate of drug-likeness (QED) is 0.706. The second kappa shape index (κ2) is 6.79. The summed E-state index contributed by atoms with van der Waals surface area (Å²) in [5.41, 5.74) is 7.17. The summed E-state index contributed by atoms with van der Waals surface area (Å²) in [4.78, 5) is 11.7. The van der Waals surface area contributed by atoms with E-state index in [0.717, 1.165) is 36.6 Å². The van der Waals surface area contributed by atoms with E-state index in [4.69, 9.17) is 4.98 Å². The molecule has 0 radical (unpaired) electrons. The molecule has 3 aromatic rings. The van der Waals surface area contributed by atoms with Crippen LogP contribution < -0.4 is 10.2 Å². The number of para-hydroxylation sites is 1. The summed E-state index contributed by atoms with van der Waals surface area (Å²) in [5.74, 6) is 1.60. The fourth-order valence-electron chi connectivity index (χ4n) is 3.47. The first-order valence-electron chi connectivity index (χ1n) is 9.15. The molecule has 4 rings (SSSR count). The summed E-state index contributed by atoms with van der Waals surface area (Å²) in [6.07, 6.45) is 2.27. The minimum Gasteiger partial charge on any atom is -0.326 e. The zero-order valence-corrected chi connectivity index (χ0v) is 15.6. The van der Waals surface area contributed by atoms with Gasteiger partial charge in [-0.1, -0.05) is 24.3 Å². The Kier molecular flexibility index (Phi) is 4.33. The van der Waals surface area contributed by atoms with Crippen LogP contribution in [0, 0.1) is 20.8 Å². The average molecular weight is 344 g/mol. The lowest BCUT2D eigenvalue weighted by molar-refractivity contribution is 0.758. The van der Waals surface area contributed by atoms with Gasteiger partial charge in [0.15, 0.2) is 0 Å². The third kappa shape index (κ3) is 3.27. The van der Waals surface area contributed by atoms with Crippen LogP contribution >= 0.6 is 0 Å². The SMILES string of the molecule is Cc1cc(N2CCCc3ccccc32)nc(Nc2ccc(C)c(C)c2)n1. The first kappa shape index (κ1) is 16.6. The first-order chi connectivity index (χ1) is 12.6. The number of nitrogens with one attached hydrogen (secondary N) is 1. The molecule has 26 heavy (non-hydrogen) atoms. The van der Waals surface area contributed by atoms with Crippen molar-refractivity contribution >= 4 is 23.1 Å². The fraction of sp³-hybridized carbons (Fsp3) is 0.273. The second-order valence-corrected chi connectivity index (χ2v) is 7.00. The Bertz CT molecular complexity index is 949. The van der Waals surface area contributed by atoms with Crippen molar-refractivity contribution in [3.8, 4) is 0 Å². The molecule has 4 nitrogen and oxygen atoms in total. The summed E-state index contributed by atoms with van der Waals surface area (Å²) >= 11 is 0. The largest absolute Gasteiger partial charge is 0.326 e. The third-order valence-corrected chi connectivity index (χ3v) is 4.99. The van der Waals surface area contributed by atoms with Gasteiger partial charge in [0, 0.05) is 29.7 Å². The van der Waals surface area contributed by atoms with Crippen molar-refractivity contribution in [2.45, 2.75) is 33.6 Å². The molecule has 1 aliphatic heterocycles. The Labute approximate surface area is 154 Å². The van der Waals surface area contributed by atoms with E-state index in [1.807, 2.05) is 6.92 Å². The molecule has 0 fully saturated rings. The standard InChI is InChI=1S/C22H24N4/c1-15-10-11-19(13-16(15)2)24-22-23-17(3)14-21(25-22)26-12-6-8-18-7-4-5-9-20(18)26/h4-5,7,9-11,13-14H,6,8,12H2,1-3H3,(H,23,24,25). The summed E-state index contributed by atoms with van der Waals surface area (Å²) in [6, 6.07) is 17.0. The van der Waals surface area contributed by atoms with Crippen LogP contribution in [0.1, 0.15) is 28.8 Å². The highest BCUT2D eigenvalue weighted by Crippen LogP contribution is 2.33. The smallest absolute Gasteiger partial charge is 0.229 e. The maximum absolute atomic E-state index is 4.81. The van der Waals surface area contributed by atoms with Gasteiger partial charge in [0.25, 0.3) is 0 Å². The van der Waals surface area contributed by atoms with Crippen LogP contribution in [0.15, 0.2) is 48.5 Å². The Balaban J connectivity index is 1.68. The van der Waals surface area contributed by atoms with Gasteiger partial charge in [-0.05, 0) is 68.5 Å². The molecule has 1 aliphatic rings. The zero-order valence-electron chi connectivity index (χ0n) is 15.6. The fourth-order valence-corrected chi connectivity index (χ4v) is 3.47. The van der Waals surface area contributed by atoms with E-state index in [2.05, 4.69) is 77.6 Å². The van der Waals surface area contributed by atoms with E-state index in [1.165, 1.54) is 22.4 Å². The van der Waals surface area contributed by atoms with E-state index >= 15 is 0 Å². The van der Waals surface area contributed by atoms with Crippen molar-refractivity contribution in [1.29, 1.82) is 0 Å². The lowest BCUT2D eigenvalue weighted by Gasteiger charge is -2.30. The summed E-state index contributed by atoms with van der Waals surface area (Å²) in [7, 11) is 0. The molecule has 0 saturated heterocycles. The lowest BCUT2D eigenvalue weighted by Crippen LogP contribution is -2.25. The molecule has 0 saturated carbocycles. The average Bonchev–Trinajstić information content (AvgIpc) is 2.64. The minimum atomic E-state index is 0.645. The van der Waals surface area contributed by atoms with E-state index in [9.17, 15) is 0 Å². The van der Waals surface area contributed by atoms with Gasteiger partial charge >= 0.3 is 0 Å². The van der Waals surface area contributed by atoms with Gasteiger partial charge in [-0.3, -0.25) is 0 Å². The van der Waals surface area contributed by atoms with Crippen LogP contribution in [0.3, 0.4) is 0 Å². The van der Waals surface area contributed by atoms with Gasteiger partial charge in [0.1, 0.15) is 5.82 Å². The Morgan fingerprint density at radius 2 is 1.77 bits per heavy atom. The maximum Gasteiger partial charge on any atom is 0.229 e. The Hall–Kier alpha value is -2.88. The zero-order chi connectivity index (χ0) is 18.1. The highest BCUT2D eigenvalue weighted by molar-refractivity contribution is 5.67. The van der Waals surface area contributed by atoms with Crippen LogP contribution in [0.4, 0.5) is 23.1 Å². The van der Waals surface area contributed by atoms with Crippen molar-refractivity contribution < 1.29 is 0 Å². The number of nitrogens with zero attached hydrogens (tertiary/aromatic N) is 3. The highest BCUT2D eigenvalue weighted by Gasteiger charge is 2.19. The van der Waals surface area contributed by atoms with Crippen molar-refractivity contribution in [2.75, 3.05) is 16.8 Å². The van der Waals surface area contributed by atoms with Gasteiger partial charge in [0.2, 0.25) is 5.95 Å². The molecule has 1 aromatic heterocycles. The Morgan fingerprint density at radius 1 is 0.923 bits per heavy atom. The van der Waals surface area contributed by atoms with E-state index in [-0.39, 0.29) is 0 Å². The molecular formula is C22H24N4. The van der Waals surface area contributed by atoms with E-state index in [1.54, 1.807) is 0 Å². The van der Waals surface area contributed by atoms with Gasteiger partial charge in [0.05, 0.1) is 0 Å². The number of fused-ring (bicyclic) bond motifs is 1. The van der Waals surface area contributed by atoms with Crippen molar-refractivity contribution in [3.05, 3.63) is 70.9 Å². The molecule has 0 aliphatic carbocycles. The number of rotatable bonds is 3. The molecule has 0 bridgehead atoms. The van der Waals surface area contributed by atoms with Gasteiger partial charge in [-0.2, -0.15) is 4.98 Å². The predicted octanol–water partition coefficient (Wildman–Crippen LogP) is 5.23. The van der Waals surface area contributed by atoms with Crippen molar-refractivity contribution in [3.63, 3.8) is 0 Å². The van der Waals surface area contributed by atoms with Crippen LogP contribution in [-0.4, -0.2) is 16.5 Å². The lowest BCUT2D eigenvalue weighted by atomic mass is 10.0. The summed E-state index contributed by atoms with van der Waals surface area (Å²) < 4.78 is 0. The molecule has 0 spiro atoms. The second-order valence-electron chi connectivity index (χ2n) is 7.00. The topological polar surface area (TPSA) is 41.1 Å². The van der Waals surface area contributed by atoms with Gasteiger partial charge < -0.3 is 10.2 Å². The number of hydrogen-bond donors (Lipinski definition) is 1. The maximum atomic E-state index is 4.81. The molecule has 132 valence electrons. The molecule has 1 N–H and O–H groups in total. The molecule has 0 unspecified atom stereocenters. The van der Waals surface area contributed by atoms with Crippen molar-refractivity contribution in [2.24, 2.45) is 0 Å². The van der Waals surface area contributed by atoms with Crippen LogP contribution in [-0.2, 0) is 6.42 Å². The van der Waals surface area contributed by atoms with E-state index < -0.39 is 0 Å². The van der Waals surface area contributed by atoms with Crippen LogP contribution in [0.25, 0.3) is 0 Å². The minimum absolute atomic E-state index is 0.645. The highest BCUT2D eigenvalue weighted by atomic mass is 15.2. The number of aromatic nitrogens is 2. The summed E-state index contributed by atoms with van der Waals surface area (Å²) in [6.45, 7) is 7.24. The molecule has 2 aromatic carbocycles. The van der Waals surface area contributed by atoms with Gasteiger partial charge in [-0.25, -0.2) is 4.98 Å². The Morgan fingerprint density at radius 3 is 2.62 bits per heavy atom. The molecule has 4 heteroatoms. The van der Waals surface area contributed by atoms with Crippen LogP contribution in [0.2, 0.25) is 0 Å². The number of aryl methyl sites for hydroxylation is 4. The first-order valence-corrected chi connectivity index (χ1v) is 9.15. The van der Waals surface area contributed by atoms with Crippen LogP contribution in [0.5, 0.6) is 0 Å². The summed E-state index contributed by atoms with van der Waals surface area (Å²) in [5, 5.41) is 3.37. The molecule has 0 atom stereocenters. The number of hydrogen-bond acceptors (Lipinski definition) is 4. The van der Waals surface area contributed by atoms with E-state index in [0.29, 0.717) is 5.95 Å². The number of anilines is 4. The van der Waals surface area contributed by atoms with Crippen molar-refractivity contribution in [1.82, 2.24) is 9.97 Å². The number of benzene rings is 2. The normalized spacial score (nSPS) is 13.4. The molecule has 2 heterocycles. The molecule has 0 amide bonds. The van der Waals surface area contributed by atoms with Gasteiger partial charge in [-0.15, -0.1) is 0 Å². The molecular weight excluding hydrogens is 320 g/mol. The monoisotopic (exact) mass is 344 g/mol. The predicted molar refractivity (Wildman–Crippen MR) is 108 cm³/mol.